The third-order valence-electron chi connectivity index (χ3n) is 3.96. The molecule has 102 valence electrons. The van der Waals surface area contributed by atoms with Crippen LogP contribution in [0.5, 0.6) is 0 Å². The van der Waals surface area contributed by atoms with Crippen LogP contribution in [0.4, 0.5) is 11.4 Å². The number of nitrogens with zero attached hydrogens (tertiary/aromatic N) is 1. The van der Waals surface area contributed by atoms with Gasteiger partial charge >= 0.3 is 0 Å². The molecule has 0 aromatic heterocycles. The summed E-state index contributed by atoms with van der Waals surface area (Å²) in [4.78, 5) is 14.1. The van der Waals surface area contributed by atoms with Crippen molar-refractivity contribution in [1.29, 1.82) is 0 Å². The molecule has 2 fully saturated rings. The Morgan fingerprint density at radius 3 is 2.47 bits per heavy atom. The van der Waals surface area contributed by atoms with Gasteiger partial charge in [0.2, 0.25) is 5.91 Å². The molecule has 1 saturated heterocycles. The van der Waals surface area contributed by atoms with Gasteiger partial charge in [-0.3, -0.25) is 4.79 Å². The zero-order chi connectivity index (χ0) is 13.2. The van der Waals surface area contributed by atoms with E-state index in [2.05, 4.69) is 29.3 Å². The second-order valence-electron chi connectivity index (χ2n) is 5.46. The van der Waals surface area contributed by atoms with Gasteiger partial charge in [0.15, 0.2) is 0 Å². The fourth-order valence-corrected chi connectivity index (χ4v) is 2.50. The molecule has 1 heterocycles. The minimum Gasteiger partial charge on any atom is -0.378 e. The van der Waals surface area contributed by atoms with Crippen molar-refractivity contribution in [1.82, 2.24) is 0 Å². The summed E-state index contributed by atoms with van der Waals surface area (Å²) in [6.45, 7) is 5.57. The Labute approximate surface area is 113 Å². The van der Waals surface area contributed by atoms with Gasteiger partial charge in [-0.2, -0.15) is 0 Å². The first-order valence-corrected chi connectivity index (χ1v) is 6.97. The van der Waals surface area contributed by atoms with Gasteiger partial charge in [0.25, 0.3) is 0 Å². The molecule has 1 amide bonds. The topological polar surface area (TPSA) is 41.6 Å². The van der Waals surface area contributed by atoms with Crippen molar-refractivity contribution in [3.05, 3.63) is 24.3 Å². The van der Waals surface area contributed by atoms with Gasteiger partial charge in [-0.1, -0.05) is 6.92 Å². The number of amides is 1. The van der Waals surface area contributed by atoms with Crippen molar-refractivity contribution in [3.8, 4) is 0 Å². The van der Waals surface area contributed by atoms with E-state index in [9.17, 15) is 4.79 Å². The Balaban J connectivity index is 1.60. The van der Waals surface area contributed by atoms with E-state index in [1.54, 1.807) is 0 Å². The summed E-state index contributed by atoms with van der Waals surface area (Å²) in [6.07, 6.45) is 1.03. The number of morpholine rings is 1. The Morgan fingerprint density at radius 1 is 1.26 bits per heavy atom. The van der Waals surface area contributed by atoms with E-state index >= 15 is 0 Å². The first-order valence-electron chi connectivity index (χ1n) is 6.97. The smallest absolute Gasteiger partial charge is 0.227 e. The van der Waals surface area contributed by atoms with Crippen LogP contribution in [0.25, 0.3) is 0 Å². The molecule has 1 aromatic carbocycles. The molecule has 1 aliphatic heterocycles. The summed E-state index contributed by atoms with van der Waals surface area (Å²) >= 11 is 0. The van der Waals surface area contributed by atoms with Crippen LogP contribution in [0.1, 0.15) is 13.3 Å². The van der Waals surface area contributed by atoms with E-state index in [4.69, 9.17) is 4.74 Å². The SMILES string of the molecule is CC1CC1C(=O)Nc1ccc(N2CCOCC2)cc1. The molecular weight excluding hydrogens is 240 g/mol. The van der Waals surface area contributed by atoms with E-state index in [1.165, 1.54) is 5.69 Å². The lowest BCUT2D eigenvalue weighted by Gasteiger charge is -2.28. The van der Waals surface area contributed by atoms with E-state index in [0.717, 1.165) is 38.4 Å². The van der Waals surface area contributed by atoms with Crippen LogP contribution in [-0.2, 0) is 9.53 Å². The Hall–Kier alpha value is -1.55. The summed E-state index contributed by atoms with van der Waals surface area (Å²) in [5.41, 5.74) is 2.09. The minimum absolute atomic E-state index is 0.159. The summed E-state index contributed by atoms with van der Waals surface area (Å²) < 4.78 is 5.34. The predicted molar refractivity (Wildman–Crippen MR) is 75.4 cm³/mol. The van der Waals surface area contributed by atoms with Crippen LogP contribution in [0.15, 0.2) is 24.3 Å². The van der Waals surface area contributed by atoms with Gasteiger partial charge in [0.1, 0.15) is 0 Å². The quantitative estimate of drug-likeness (QED) is 0.905. The molecule has 4 heteroatoms. The lowest BCUT2D eigenvalue weighted by Crippen LogP contribution is -2.36. The van der Waals surface area contributed by atoms with Crippen LogP contribution < -0.4 is 10.2 Å². The van der Waals surface area contributed by atoms with Gasteiger partial charge < -0.3 is 15.0 Å². The molecule has 2 unspecified atom stereocenters. The fraction of sp³-hybridized carbons (Fsp3) is 0.533. The highest BCUT2D eigenvalue weighted by Crippen LogP contribution is 2.38. The van der Waals surface area contributed by atoms with Crippen molar-refractivity contribution >= 4 is 17.3 Å². The molecule has 1 saturated carbocycles. The van der Waals surface area contributed by atoms with E-state index in [0.29, 0.717) is 5.92 Å². The van der Waals surface area contributed by atoms with Crippen LogP contribution >= 0.6 is 0 Å². The highest BCUT2D eigenvalue weighted by molar-refractivity contribution is 5.94. The number of ether oxygens (including phenoxy) is 1. The van der Waals surface area contributed by atoms with Crippen LogP contribution in [0, 0.1) is 11.8 Å². The number of hydrogen-bond acceptors (Lipinski definition) is 3. The number of carbonyl (C=O) groups is 1. The number of rotatable bonds is 3. The monoisotopic (exact) mass is 260 g/mol. The van der Waals surface area contributed by atoms with Gasteiger partial charge in [0, 0.05) is 30.4 Å². The standard InChI is InChI=1S/C15H20N2O2/c1-11-10-14(11)15(18)16-12-2-4-13(5-3-12)17-6-8-19-9-7-17/h2-5,11,14H,6-10H2,1H3,(H,16,18). The molecule has 3 rings (SSSR count). The number of anilines is 2. The average molecular weight is 260 g/mol. The Kier molecular flexibility index (Phi) is 3.42. The van der Waals surface area contributed by atoms with Crippen molar-refractivity contribution in [2.45, 2.75) is 13.3 Å². The van der Waals surface area contributed by atoms with Crippen molar-refractivity contribution in [3.63, 3.8) is 0 Å². The molecule has 2 aliphatic rings. The highest BCUT2D eigenvalue weighted by atomic mass is 16.5. The first kappa shape index (κ1) is 12.5. The van der Waals surface area contributed by atoms with Crippen LogP contribution in [0.3, 0.4) is 0 Å². The van der Waals surface area contributed by atoms with Crippen LogP contribution in [0.2, 0.25) is 0 Å². The third-order valence-corrected chi connectivity index (χ3v) is 3.96. The lowest BCUT2D eigenvalue weighted by atomic mass is 10.2. The second-order valence-corrected chi connectivity index (χ2v) is 5.46. The van der Waals surface area contributed by atoms with Crippen molar-refractivity contribution in [2.24, 2.45) is 11.8 Å². The number of hydrogen-bond donors (Lipinski definition) is 1. The van der Waals surface area contributed by atoms with Gasteiger partial charge in [-0.15, -0.1) is 0 Å². The lowest BCUT2D eigenvalue weighted by molar-refractivity contribution is -0.117. The van der Waals surface area contributed by atoms with Crippen molar-refractivity contribution in [2.75, 3.05) is 36.5 Å². The molecule has 19 heavy (non-hydrogen) atoms. The Bertz CT molecular complexity index is 452. The van der Waals surface area contributed by atoms with Crippen molar-refractivity contribution < 1.29 is 9.53 Å². The Morgan fingerprint density at radius 2 is 1.89 bits per heavy atom. The predicted octanol–water partition coefficient (Wildman–Crippen LogP) is 2.12. The second kappa shape index (κ2) is 5.21. The molecule has 1 aliphatic carbocycles. The number of carbonyl (C=O) groups excluding carboxylic acids is 1. The average Bonchev–Trinajstić information content (AvgIpc) is 3.18. The zero-order valence-electron chi connectivity index (χ0n) is 11.3. The summed E-state index contributed by atoms with van der Waals surface area (Å²) in [5.74, 6) is 0.929. The normalized spacial score (nSPS) is 26.1. The highest BCUT2D eigenvalue weighted by Gasteiger charge is 2.39. The largest absolute Gasteiger partial charge is 0.378 e. The fourth-order valence-electron chi connectivity index (χ4n) is 2.50. The van der Waals surface area contributed by atoms with Gasteiger partial charge in [0.05, 0.1) is 13.2 Å². The molecule has 1 aromatic rings. The summed E-state index contributed by atoms with van der Waals surface area (Å²) in [7, 11) is 0. The van der Waals surface area contributed by atoms with E-state index in [1.807, 2.05) is 12.1 Å². The number of nitrogens with one attached hydrogen (secondary N) is 1. The summed E-state index contributed by atoms with van der Waals surface area (Å²) in [6, 6.07) is 8.10. The molecule has 1 N–H and O–H groups in total. The van der Waals surface area contributed by atoms with Gasteiger partial charge in [-0.25, -0.2) is 0 Å². The van der Waals surface area contributed by atoms with E-state index < -0.39 is 0 Å². The third kappa shape index (κ3) is 2.89. The maximum absolute atomic E-state index is 11.8. The molecular formula is C15H20N2O2. The van der Waals surface area contributed by atoms with Crippen LogP contribution in [-0.4, -0.2) is 32.2 Å². The zero-order valence-corrected chi connectivity index (χ0v) is 11.3. The van der Waals surface area contributed by atoms with E-state index in [-0.39, 0.29) is 11.8 Å². The molecule has 0 radical (unpaired) electrons. The maximum Gasteiger partial charge on any atom is 0.227 e. The van der Waals surface area contributed by atoms with Gasteiger partial charge in [-0.05, 0) is 36.6 Å². The molecule has 0 spiro atoms. The number of benzene rings is 1. The molecule has 0 bridgehead atoms. The first-order chi connectivity index (χ1) is 9.24. The maximum atomic E-state index is 11.8. The molecule has 2 atom stereocenters. The minimum atomic E-state index is 0.159. The molecule has 4 nitrogen and oxygen atoms in total. The summed E-state index contributed by atoms with van der Waals surface area (Å²) in [5, 5.41) is 2.98.